The Balaban J connectivity index is 2.06. The smallest absolute Gasteiger partial charge is 0.273 e. The van der Waals surface area contributed by atoms with Crippen molar-refractivity contribution in [3.05, 3.63) is 69.5 Å². The molecule has 0 amide bonds. The van der Waals surface area contributed by atoms with Crippen molar-refractivity contribution in [3.8, 4) is 6.07 Å². The van der Waals surface area contributed by atoms with Crippen LogP contribution in [0.25, 0.3) is 22.7 Å². The molecule has 0 spiro atoms. The van der Waals surface area contributed by atoms with E-state index in [1.165, 1.54) is 6.07 Å². The summed E-state index contributed by atoms with van der Waals surface area (Å²) in [6.07, 6.45) is 2.18. The SMILES string of the molecule is CCc1ccc(C=C(C#N)c2nc3ccccc3[nH]2)cc1[N+](=O)[O-]. The molecule has 3 aromatic rings. The number of imidazole rings is 1. The minimum Gasteiger partial charge on any atom is -0.337 e. The number of aromatic nitrogens is 2. The average molecular weight is 318 g/mol. The van der Waals surface area contributed by atoms with E-state index >= 15 is 0 Å². The van der Waals surface area contributed by atoms with Crippen LogP contribution in [-0.2, 0) is 6.42 Å². The summed E-state index contributed by atoms with van der Waals surface area (Å²) in [5.74, 6) is 0.445. The van der Waals surface area contributed by atoms with Gasteiger partial charge in [0, 0.05) is 11.6 Å². The summed E-state index contributed by atoms with van der Waals surface area (Å²) in [7, 11) is 0. The van der Waals surface area contributed by atoms with Gasteiger partial charge in [-0.2, -0.15) is 5.26 Å². The Morgan fingerprint density at radius 1 is 1.38 bits per heavy atom. The van der Waals surface area contributed by atoms with Crippen molar-refractivity contribution in [3.63, 3.8) is 0 Å². The maximum absolute atomic E-state index is 11.2. The predicted octanol–water partition coefficient (Wildman–Crippen LogP) is 4.10. The van der Waals surface area contributed by atoms with Crippen LogP contribution in [0.15, 0.2) is 42.5 Å². The van der Waals surface area contributed by atoms with E-state index in [0.717, 1.165) is 11.0 Å². The monoisotopic (exact) mass is 318 g/mol. The number of rotatable bonds is 4. The first-order chi connectivity index (χ1) is 11.6. The molecule has 1 N–H and O–H groups in total. The van der Waals surface area contributed by atoms with E-state index in [0.29, 0.717) is 28.9 Å². The molecule has 0 atom stereocenters. The molecule has 24 heavy (non-hydrogen) atoms. The third-order valence-corrected chi connectivity index (χ3v) is 3.76. The quantitative estimate of drug-likeness (QED) is 0.445. The highest BCUT2D eigenvalue weighted by atomic mass is 16.6. The number of benzene rings is 2. The summed E-state index contributed by atoms with van der Waals surface area (Å²) in [4.78, 5) is 18.3. The average Bonchev–Trinajstić information content (AvgIpc) is 3.03. The first-order valence-corrected chi connectivity index (χ1v) is 7.46. The van der Waals surface area contributed by atoms with E-state index in [2.05, 4.69) is 16.0 Å². The molecular formula is C18H14N4O2. The number of allylic oxidation sites excluding steroid dienone is 1. The van der Waals surface area contributed by atoms with Crippen molar-refractivity contribution < 1.29 is 4.92 Å². The van der Waals surface area contributed by atoms with E-state index in [9.17, 15) is 15.4 Å². The number of para-hydroxylation sites is 2. The number of hydrogen-bond acceptors (Lipinski definition) is 4. The van der Waals surface area contributed by atoms with Crippen molar-refractivity contribution in [1.82, 2.24) is 9.97 Å². The molecular weight excluding hydrogens is 304 g/mol. The van der Waals surface area contributed by atoms with Crippen LogP contribution in [0.5, 0.6) is 0 Å². The van der Waals surface area contributed by atoms with Gasteiger partial charge in [-0.05, 0) is 30.2 Å². The van der Waals surface area contributed by atoms with Crippen LogP contribution in [0.4, 0.5) is 5.69 Å². The molecule has 1 heterocycles. The summed E-state index contributed by atoms with van der Waals surface area (Å²) in [6.45, 7) is 1.87. The maximum Gasteiger partial charge on any atom is 0.273 e. The number of aromatic amines is 1. The van der Waals surface area contributed by atoms with Gasteiger partial charge >= 0.3 is 0 Å². The molecule has 3 rings (SSSR count). The minimum absolute atomic E-state index is 0.0631. The van der Waals surface area contributed by atoms with Crippen LogP contribution in [0.1, 0.15) is 23.9 Å². The van der Waals surface area contributed by atoms with E-state index < -0.39 is 4.92 Å². The molecule has 0 saturated carbocycles. The number of nitrogens with one attached hydrogen (secondary N) is 1. The second kappa shape index (κ2) is 6.34. The van der Waals surface area contributed by atoms with Gasteiger partial charge in [0.25, 0.3) is 5.69 Å². The van der Waals surface area contributed by atoms with E-state index in [4.69, 9.17) is 0 Å². The first kappa shape index (κ1) is 15.4. The van der Waals surface area contributed by atoms with Gasteiger partial charge in [-0.1, -0.05) is 31.2 Å². The van der Waals surface area contributed by atoms with Crippen LogP contribution < -0.4 is 0 Å². The first-order valence-electron chi connectivity index (χ1n) is 7.46. The fraction of sp³-hybridized carbons (Fsp3) is 0.111. The molecule has 0 aliphatic rings. The zero-order valence-corrected chi connectivity index (χ0v) is 13.0. The summed E-state index contributed by atoms with van der Waals surface area (Å²) < 4.78 is 0. The highest BCUT2D eigenvalue weighted by Gasteiger charge is 2.13. The Hall–Kier alpha value is -3.46. The molecule has 0 radical (unpaired) electrons. The summed E-state index contributed by atoms with van der Waals surface area (Å²) in [5.41, 5.74) is 3.25. The zero-order valence-electron chi connectivity index (χ0n) is 13.0. The third kappa shape index (κ3) is 2.88. The van der Waals surface area contributed by atoms with Gasteiger partial charge in [0.2, 0.25) is 0 Å². The van der Waals surface area contributed by atoms with E-state index in [-0.39, 0.29) is 5.69 Å². The standard InChI is InChI=1S/C18H14N4O2/c1-2-13-8-7-12(10-17(13)22(23)24)9-14(11-19)18-20-15-5-3-4-6-16(15)21-18/h3-10H,2H2,1H3,(H,20,21). The lowest BCUT2D eigenvalue weighted by Crippen LogP contribution is -1.95. The Morgan fingerprint density at radius 3 is 2.83 bits per heavy atom. The number of aryl methyl sites for hydroxylation is 1. The molecule has 0 unspecified atom stereocenters. The lowest BCUT2D eigenvalue weighted by molar-refractivity contribution is -0.385. The van der Waals surface area contributed by atoms with Crippen molar-refractivity contribution in [2.75, 3.05) is 0 Å². The summed E-state index contributed by atoms with van der Waals surface area (Å²) >= 11 is 0. The van der Waals surface area contributed by atoms with Crippen LogP contribution in [0, 0.1) is 21.4 Å². The summed E-state index contributed by atoms with van der Waals surface area (Å²) in [6, 6.07) is 14.6. The van der Waals surface area contributed by atoms with Gasteiger partial charge in [0.1, 0.15) is 11.9 Å². The molecule has 0 bridgehead atoms. The van der Waals surface area contributed by atoms with E-state index in [1.807, 2.05) is 31.2 Å². The molecule has 0 fully saturated rings. The molecule has 0 aliphatic carbocycles. The van der Waals surface area contributed by atoms with Gasteiger partial charge in [0.15, 0.2) is 0 Å². The molecule has 6 nitrogen and oxygen atoms in total. The Kier molecular flexibility index (Phi) is 4.08. The number of nitro benzene ring substituents is 1. The van der Waals surface area contributed by atoms with Crippen molar-refractivity contribution >= 4 is 28.4 Å². The molecule has 6 heteroatoms. The summed E-state index contributed by atoms with van der Waals surface area (Å²) in [5, 5.41) is 20.6. The molecule has 0 aliphatic heterocycles. The molecule has 2 aromatic carbocycles. The lowest BCUT2D eigenvalue weighted by Gasteiger charge is -2.01. The Labute approximate surface area is 138 Å². The van der Waals surface area contributed by atoms with Gasteiger partial charge in [-0.25, -0.2) is 4.98 Å². The zero-order chi connectivity index (χ0) is 17.1. The lowest BCUT2D eigenvalue weighted by atomic mass is 10.0. The molecule has 1 aromatic heterocycles. The maximum atomic E-state index is 11.2. The normalized spacial score (nSPS) is 11.4. The highest BCUT2D eigenvalue weighted by Crippen LogP contribution is 2.24. The topological polar surface area (TPSA) is 95.6 Å². The fourth-order valence-corrected chi connectivity index (χ4v) is 2.54. The Bertz CT molecular complexity index is 963. The third-order valence-electron chi connectivity index (χ3n) is 3.76. The van der Waals surface area contributed by atoms with Crippen molar-refractivity contribution in [2.24, 2.45) is 0 Å². The van der Waals surface area contributed by atoms with Crippen LogP contribution in [0.2, 0.25) is 0 Å². The predicted molar refractivity (Wildman–Crippen MR) is 92.1 cm³/mol. The number of fused-ring (bicyclic) bond motifs is 1. The van der Waals surface area contributed by atoms with Crippen molar-refractivity contribution in [1.29, 1.82) is 5.26 Å². The van der Waals surface area contributed by atoms with Gasteiger partial charge in [-0.3, -0.25) is 10.1 Å². The number of H-pyrrole nitrogens is 1. The van der Waals surface area contributed by atoms with Crippen molar-refractivity contribution in [2.45, 2.75) is 13.3 Å². The Morgan fingerprint density at radius 2 is 2.17 bits per heavy atom. The second-order valence-corrected chi connectivity index (χ2v) is 5.27. The fourth-order valence-electron chi connectivity index (χ4n) is 2.54. The van der Waals surface area contributed by atoms with Gasteiger partial charge in [-0.15, -0.1) is 0 Å². The number of nitriles is 1. The van der Waals surface area contributed by atoms with Crippen LogP contribution >= 0.6 is 0 Å². The van der Waals surface area contributed by atoms with E-state index in [1.54, 1.807) is 18.2 Å². The van der Waals surface area contributed by atoms with Crippen LogP contribution in [0.3, 0.4) is 0 Å². The minimum atomic E-state index is -0.399. The van der Waals surface area contributed by atoms with Gasteiger partial charge < -0.3 is 4.98 Å². The number of hydrogen-bond donors (Lipinski definition) is 1. The molecule has 118 valence electrons. The number of nitro groups is 1. The van der Waals surface area contributed by atoms with Gasteiger partial charge in [0.05, 0.1) is 21.5 Å². The largest absolute Gasteiger partial charge is 0.337 e. The highest BCUT2D eigenvalue weighted by molar-refractivity contribution is 5.90. The second-order valence-electron chi connectivity index (χ2n) is 5.27. The number of nitrogens with zero attached hydrogens (tertiary/aromatic N) is 3. The molecule has 0 saturated heterocycles. The van der Waals surface area contributed by atoms with Crippen LogP contribution in [-0.4, -0.2) is 14.9 Å².